The molecule has 1 aliphatic rings. The van der Waals surface area contributed by atoms with Gasteiger partial charge in [0.05, 0.1) is 6.26 Å². The molecule has 3 heterocycles. The molecule has 2 amide bonds. The molecule has 35 heavy (non-hydrogen) atoms. The van der Waals surface area contributed by atoms with Crippen LogP contribution in [0.25, 0.3) is 11.7 Å². The van der Waals surface area contributed by atoms with E-state index in [1.54, 1.807) is 34.9 Å². The smallest absolute Gasteiger partial charge is 0.266 e. The molecule has 1 aromatic carbocycles. The second-order valence-corrected chi connectivity index (χ2v) is 9.24. The van der Waals surface area contributed by atoms with Gasteiger partial charge in [0.1, 0.15) is 12.1 Å². The molecule has 182 valence electrons. The van der Waals surface area contributed by atoms with Crippen LogP contribution in [0.15, 0.2) is 51.5 Å². The Balaban J connectivity index is 1.42. The van der Waals surface area contributed by atoms with Crippen LogP contribution in [0.4, 0.5) is 5.88 Å². The Kier molecular flexibility index (Phi) is 7.77. The fourth-order valence-electron chi connectivity index (χ4n) is 3.98. The lowest BCUT2D eigenvalue weighted by molar-refractivity contribution is -0.133. The van der Waals surface area contributed by atoms with Gasteiger partial charge in [-0.1, -0.05) is 17.7 Å². The minimum Gasteiger partial charge on any atom is -0.459 e. The monoisotopic (exact) mass is 493 g/mol. The highest BCUT2D eigenvalue weighted by molar-refractivity contribution is 7.98. The van der Waals surface area contributed by atoms with Crippen molar-refractivity contribution in [1.29, 1.82) is 5.26 Å². The van der Waals surface area contributed by atoms with E-state index in [0.717, 1.165) is 11.3 Å². The van der Waals surface area contributed by atoms with Gasteiger partial charge in [-0.2, -0.15) is 22.0 Å². The van der Waals surface area contributed by atoms with Gasteiger partial charge in [0.25, 0.3) is 11.8 Å². The van der Waals surface area contributed by atoms with Crippen LogP contribution in [0, 0.1) is 18.3 Å². The van der Waals surface area contributed by atoms with Gasteiger partial charge in [-0.05, 0) is 49.6 Å². The summed E-state index contributed by atoms with van der Waals surface area (Å²) in [5.74, 6) is 1.46. The van der Waals surface area contributed by atoms with Gasteiger partial charge in [-0.15, -0.1) is 0 Å². The molecule has 0 spiro atoms. The molecule has 3 aromatic rings. The quantitative estimate of drug-likeness (QED) is 0.508. The van der Waals surface area contributed by atoms with Crippen LogP contribution in [-0.4, -0.2) is 65.9 Å². The maximum absolute atomic E-state index is 13.3. The van der Waals surface area contributed by atoms with E-state index in [2.05, 4.69) is 16.4 Å². The lowest BCUT2D eigenvalue weighted by Crippen LogP contribution is -2.55. The highest BCUT2D eigenvalue weighted by Crippen LogP contribution is 2.29. The molecule has 2 aromatic heterocycles. The third-order valence-electron chi connectivity index (χ3n) is 5.82. The van der Waals surface area contributed by atoms with Crippen LogP contribution >= 0.6 is 11.8 Å². The SMILES string of the molecule is CSCCC(NC(=O)c1cccc(C)c1)C(=O)N1CCN(c2oc(-c3ccco3)nc2C#N)CC1. The van der Waals surface area contributed by atoms with Gasteiger partial charge >= 0.3 is 0 Å². The number of amides is 2. The summed E-state index contributed by atoms with van der Waals surface area (Å²) in [7, 11) is 0. The first-order valence-electron chi connectivity index (χ1n) is 11.3. The zero-order valence-electron chi connectivity index (χ0n) is 19.7. The maximum atomic E-state index is 13.3. The lowest BCUT2D eigenvalue weighted by atomic mass is 10.1. The highest BCUT2D eigenvalue weighted by atomic mass is 32.2. The summed E-state index contributed by atoms with van der Waals surface area (Å²) in [6.45, 7) is 3.77. The van der Waals surface area contributed by atoms with E-state index in [1.807, 2.05) is 36.3 Å². The number of hydrogen-bond acceptors (Lipinski definition) is 8. The number of aromatic nitrogens is 1. The molecule has 1 atom stereocenters. The third kappa shape index (κ3) is 5.69. The number of aryl methyl sites for hydroxylation is 1. The number of anilines is 1. The molecule has 10 heteroatoms. The number of benzene rings is 1. The Morgan fingerprint density at radius 1 is 1.23 bits per heavy atom. The number of furan rings is 1. The largest absolute Gasteiger partial charge is 0.459 e. The molecule has 9 nitrogen and oxygen atoms in total. The van der Waals surface area contributed by atoms with Crippen LogP contribution < -0.4 is 10.2 Å². The van der Waals surface area contributed by atoms with E-state index < -0.39 is 6.04 Å². The number of nitrogens with one attached hydrogen (secondary N) is 1. The molecule has 0 saturated carbocycles. The van der Waals surface area contributed by atoms with Crippen LogP contribution in [0.5, 0.6) is 0 Å². The van der Waals surface area contributed by atoms with Crippen molar-refractivity contribution in [3.8, 4) is 17.7 Å². The first-order valence-corrected chi connectivity index (χ1v) is 12.7. The Morgan fingerprint density at radius 2 is 2.03 bits per heavy atom. The van der Waals surface area contributed by atoms with Crippen LogP contribution in [0.3, 0.4) is 0 Å². The number of piperazine rings is 1. The molecule has 1 unspecified atom stereocenters. The third-order valence-corrected chi connectivity index (χ3v) is 6.46. The molecule has 1 saturated heterocycles. The van der Waals surface area contributed by atoms with Crippen molar-refractivity contribution in [3.05, 3.63) is 59.5 Å². The van der Waals surface area contributed by atoms with Gasteiger partial charge in [0.15, 0.2) is 5.76 Å². The minimum atomic E-state index is -0.604. The van der Waals surface area contributed by atoms with E-state index in [-0.39, 0.29) is 23.4 Å². The topological polar surface area (TPSA) is 116 Å². The molecule has 0 radical (unpaired) electrons. The number of carbonyl (C=O) groups is 2. The predicted octanol–water partition coefficient (Wildman–Crippen LogP) is 3.32. The van der Waals surface area contributed by atoms with Crippen molar-refractivity contribution >= 4 is 29.5 Å². The normalized spacial score (nSPS) is 14.4. The first kappa shape index (κ1) is 24.4. The summed E-state index contributed by atoms with van der Waals surface area (Å²) in [5, 5.41) is 12.4. The fraction of sp³-hybridized carbons (Fsp3) is 0.360. The Bertz CT molecular complexity index is 1210. The lowest BCUT2D eigenvalue weighted by Gasteiger charge is -2.36. The first-order chi connectivity index (χ1) is 17.0. The zero-order valence-corrected chi connectivity index (χ0v) is 20.5. The van der Waals surface area contributed by atoms with Crippen molar-refractivity contribution < 1.29 is 18.4 Å². The van der Waals surface area contributed by atoms with Crippen molar-refractivity contribution in [1.82, 2.24) is 15.2 Å². The standard InChI is InChI=1S/C25H27N5O4S/c1-17-5-3-6-18(15-17)22(31)27-19(8-14-35-2)24(32)29-9-11-30(12-10-29)25-20(16-26)28-23(34-25)21-7-4-13-33-21/h3-7,13,15,19H,8-12,14H2,1-2H3,(H,27,31). The predicted molar refractivity (Wildman–Crippen MR) is 133 cm³/mol. The molecule has 1 fully saturated rings. The molecule has 0 bridgehead atoms. The number of thioether (sulfide) groups is 1. The Labute approximate surface area is 208 Å². The zero-order chi connectivity index (χ0) is 24.8. The summed E-state index contributed by atoms with van der Waals surface area (Å²) < 4.78 is 11.2. The molecule has 1 N–H and O–H groups in total. The summed E-state index contributed by atoms with van der Waals surface area (Å²) in [6.07, 6.45) is 4.04. The fourth-order valence-corrected chi connectivity index (χ4v) is 4.45. The summed E-state index contributed by atoms with van der Waals surface area (Å²) in [4.78, 5) is 34.1. The second-order valence-electron chi connectivity index (χ2n) is 8.25. The second kappa shape index (κ2) is 11.1. The Morgan fingerprint density at radius 3 is 2.69 bits per heavy atom. The summed E-state index contributed by atoms with van der Waals surface area (Å²) >= 11 is 1.63. The molecule has 4 rings (SSSR count). The van der Waals surface area contributed by atoms with Gasteiger partial charge < -0.3 is 24.0 Å². The number of nitrogens with zero attached hydrogens (tertiary/aromatic N) is 4. The molecule has 1 aliphatic heterocycles. The number of oxazole rings is 1. The van der Waals surface area contributed by atoms with Crippen LogP contribution in [0.2, 0.25) is 0 Å². The number of rotatable bonds is 8. The molecule has 0 aliphatic carbocycles. The number of nitriles is 1. The van der Waals surface area contributed by atoms with Crippen LogP contribution in [-0.2, 0) is 4.79 Å². The average molecular weight is 494 g/mol. The van der Waals surface area contributed by atoms with Crippen molar-refractivity contribution in [3.63, 3.8) is 0 Å². The van der Waals surface area contributed by atoms with Crippen molar-refractivity contribution in [2.45, 2.75) is 19.4 Å². The Hall–Kier alpha value is -3.71. The highest BCUT2D eigenvalue weighted by Gasteiger charge is 2.31. The summed E-state index contributed by atoms with van der Waals surface area (Å²) in [5.41, 5.74) is 1.71. The van der Waals surface area contributed by atoms with Gasteiger partial charge in [-0.3, -0.25) is 9.59 Å². The molecular formula is C25H27N5O4S. The number of hydrogen-bond donors (Lipinski definition) is 1. The van der Waals surface area contributed by atoms with Gasteiger partial charge in [0.2, 0.25) is 17.5 Å². The van der Waals surface area contributed by atoms with Gasteiger partial charge in [-0.25, -0.2) is 0 Å². The van der Waals surface area contributed by atoms with E-state index in [1.165, 1.54) is 6.26 Å². The van der Waals surface area contributed by atoms with Crippen molar-refractivity contribution in [2.75, 3.05) is 43.1 Å². The van der Waals surface area contributed by atoms with Crippen LogP contribution in [0.1, 0.15) is 28.0 Å². The van der Waals surface area contributed by atoms with Gasteiger partial charge in [0, 0.05) is 31.7 Å². The molecular weight excluding hydrogens is 466 g/mol. The van der Waals surface area contributed by atoms with E-state index in [0.29, 0.717) is 49.8 Å². The minimum absolute atomic E-state index is 0.103. The van der Waals surface area contributed by atoms with E-state index >= 15 is 0 Å². The number of carbonyl (C=O) groups excluding carboxylic acids is 2. The van der Waals surface area contributed by atoms with E-state index in [9.17, 15) is 14.9 Å². The summed E-state index contributed by atoms with van der Waals surface area (Å²) in [6, 6.07) is 12.2. The maximum Gasteiger partial charge on any atom is 0.266 e. The van der Waals surface area contributed by atoms with Crippen molar-refractivity contribution in [2.24, 2.45) is 0 Å². The average Bonchev–Trinajstić information content (AvgIpc) is 3.56. The van der Waals surface area contributed by atoms with E-state index in [4.69, 9.17) is 8.83 Å².